The third kappa shape index (κ3) is 5.05. The molecule has 0 radical (unpaired) electrons. The minimum atomic E-state index is -0.632. The van der Waals surface area contributed by atoms with Crippen LogP contribution < -0.4 is 0 Å². The van der Waals surface area contributed by atoms with Gasteiger partial charge in [0.2, 0.25) is 0 Å². The predicted molar refractivity (Wildman–Crippen MR) is 73.6 cm³/mol. The molecule has 4 nitrogen and oxygen atoms in total. The van der Waals surface area contributed by atoms with Crippen molar-refractivity contribution >= 4 is 6.29 Å². The van der Waals surface area contributed by atoms with Gasteiger partial charge in [0, 0.05) is 24.7 Å². The molecule has 0 amide bonds. The molecule has 0 bridgehead atoms. The lowest BCUT2D eigenvalue weighted by Crippen LogP contribution is -2.21. The largest absolute Gasteiger partial charge is 0.393 e. The molecule has 0 aromatic rings. The van der Waals surface area contributed by atoms with Gasteiger partial charge < -0.3 is 20.1 Å². The van der Waals surface area contributed by atoms with E-state index in [0.717, 1.165) is 25.5 Å². The third-order valence-corrected chi connectivity index (χ3v) is 3.94. The second-order valence-corrected chi connectivity index (χ2v) is 5.46. The zero-order valence-electron chi connectivity index (χ0n) is 11.6. The highest BCUT2D eigenvalue weighted by molar-refractivity contribution is 5.50. The van der Waals surface area contributed by atoms with E-state index in [4.69, 9.17) is 0 Å². The fraction of sp³-hybridized carbons (Fsp3) is 0.800. The smallest absolute Gasteiger partial charge is 0.120 e. The maximum absolute atomic E-state index is 10.6. The monoisotopic (exact) mass is 270 g/mol. The summed E-state index contributed by atoms with van der Waals surface area (Å²) in [5.41, 5.74) is 0. The van der Waals surface area contributed by atoms with Gasteiger partial charge in [0.15, 0.2) is 0 Å². The van der Waals surface area contributed by atoms with Gasteiger partial charge in [-0.25, -0.2) is 0 Å². The van der Waals surface area contributed by atoms with E-state index in [1.807, 2.05) is 0 Å². The standard InChI is InChI=1S/C15H26O4/c1-2-3-4-5-11(17)6-7-12-13(8-9-16)15(19)10-14(12)18/h6-7,9,11-15,17-19H,2-5,8,10H2,1H3/t11-,12-,13-,14-,15+/m0/s1. The first-order valence-electron chi connectivity index (χ1n) is 7.26. The zero-order chi connectivity index (χ0) is 14.3. The van der Waals surface area contributed by atoms with E-state index < -0.39 is 18.3 Å². The molecule has 0 aliphatic heterocycles. The van der Waals surface area contributed by atoms with E-state index in [9.17, 15) is 20.1 Å². The molecule has 110 valence electrons. The van der Waals surface area contributed by atoms with Gasteiger partial charge in [-0.05, 0) is 6.42 Å². The van der Waals surface area contributed by atoms with E-state index in [-0.39, 0.29) is 18.3 Å². The molecule has 0 aromatic heterocycles. The van der Waals surface area contributed by atoms with Crippen LogP contribution in [0.4, 0.5) is 0 Å². The van der Waals surface area contributed by atoms with Crippen LogP contribution in [0.15, 0.2) is 12.2 Å². The van der Waals surface area contributed by atoms with Crippen LogP contribution in [0, 0.1) is 11.8 Å². The van der Waals surface area contributed by atoms with Crippen molar-refractivity contribution in [3.63, 3.8) is 0 Å². The molecule has 5 atom stereocenters. The van der Waals surface area contributed by atoms with E-state index in [2.05, 4.69) is 6.92 Å². The van der Waals surface area contributed by atoms with Gasteiger partial charge in [0.05, 0.1) is 18.3 Å². The number of aldehydes is 1. The van der Waals surface area contributed by atoms with Gasteiger partial charge in [-0.3, -0.25) is 0 Å². The fourth-order valence-corrected chi connectivity index (χ4v) is 2.77. The molecular formula is C15H26O4. The number of aliphatic hydroxyl groups excluding tert-OH is 3. The van der Waals surface area contributed by atoms with Gasteiger partial charge in [0.1, 0.15) is 6.29 Å². The highest BCUT2D eigenvalue weighted by atomic mass is 16.3. The summed E-state index contributed by atoms with van der Waals surface area (Å²) in [6, 6.07) is 0. The molecule has 1 fully saturated rings. The van der Waals surface area contributed by atoms with Gasteiger partial charge in [-0.1, -0.05) is 38.3 Å². The molecule has 3 N–H and O–H groups in total. The number of carbonyl (C=O) groups is 1. The van der Waals surface area contributed by atoms with Crippen LogP contribution in [0.2, 0.25) is 0 Å². The number of aliphatic hydroxyl groups is 3. The van der Waals surface area contributed by atoms with Crippen LogP contribution in [0.1, 0.15) is 45.4 Å². The molecule has 19 heavy (non-hydrogen) atoms. The van der Waals surface area contributed by atoms with Gasteiger partial charge >= 0.3 is 0 Å². The number of hydrogen-bond donors (Lipinski definition) is 3. The molecule has 0 unspecified atom stereocenters. The summed E-state index contributed by atoms with van der Waals surface area (Å²) in [5, 5.41) is 29.5. The summed E-state index contributed by atoms with van der Waals surface area (Å²) < 4.78 is 0. The van der Waals surface area contributed by atoms with Gasteiger partial charge in [0.25, 0.3) is 0 Å². The lowest BCUT2D eigenvalue weighted by Gasteiger charge is -2.18. The van der Waals surface area contributed by atoms with Crippen molar-refractivity contribution in [2.75, 3.05) is 0 Å². The lowest BCUT2D eigenvalue weighted by atomic mass is 9.90. The Morgan fingerprint density at radius 3 is 2.63 bits per heavy atom. The summed E-state index contributed by atoms with van der Waals surface area (Å²) in [5.74, 6) is -0.465. The van der Waals surface area contributed by atoms with Crippen molar-refractivity contribution in [3.05, 3.63) is 12.2 Å². The summed E-state index contributed by atoms with van der Waals surface area (Å²) in [6.45, 7) is 2.11. The van der Waals surface area contributed by atoms with Crippen molar-refractivity contribution in [3.8, 4) is 0 Å². The van der Waals surface area contributed by atoms with Crippen molar-refractivity contribution < 1.29 is 20.1 Å². The average Bonchev–Trinajstić information content (AvgIpc) is 2.63. The van der Waals surface area contributed by atoms with Gasteiger partial charge in [-0.2, -0.15) is 0 Å². The van der Waals surface area contributed by atoms with Crippen LogP contribution in [0.5, 0.6) is 0 Å². The Hall–Kier alpha value is -0.710. The molecule has 1 rings (SSSR count). The minimum absolute atomic E-state index is 0.230. The molecule has 0 saturated heterocycles. The molecule has 0 heterocycles. The van der Waals surface area contributed by atoms with Crippen LogP contribution in [0.3, 0.4) is 0 Å². The van der Waals surface area contributed by atoms with Crippen LogP contribution in [-0.4, -0.2) is 39.9 Å². The normalized spacial score (nSPS) is 32.8. The van der Waals surface area contributed by atoms with Crippen molar-refractivity contribution in [2.45, 2.75) is 63.8 Å². The third-order valence-electron chi connectivity index (χ3n) is 3.94. The maximum Gasteiger partial charge on any atom is 0.120 e. The van der Waals surface area contributed by atoms with Crippen LogP contribution >= 0.6 is 0 Å². The first-order valence-corrected chi connectivity index (χ1v) is 7.26. The number of unbranched alkanes of at least 4 members (excludes halogenated alkanes) is 2. The SMILES string of the molecule is CCCCC[C@H](O)C=C[C@H]1[C@H](CC=O)[C@H](O)C[C@@H]1O. The Bertz CT molecular complexity index is 290. The van der Waals surface area contributed by atoms with E-state index >= 15 is 0 Å². The summed E-state index contributed by atoms with van der Waals surface area (Å²) in [6.07, 6.45) is 6.95. The van der Waals surface area contributed by atoms with Crippen molar-refractivity contribution in [1.82, 2.24) is 0 Å². The van der Waals surface area contributed by atoms with Crippen LogP contribution in [0.25, 0.3) is 0 Å². The van der Waals surface area contributed by atoms with Gasteiger partial charge in [-0.15, -0.1) is 0 Å². The fourth-order valence-electron chi connectivity index (χ4n) is 2.77. The Labute approximate surface area is 115 Å². The second kappa shape index (κ2) is 8.46. The second-order valence-electron chi connectivity index (χ2n) is 5.46. The quantitative estimate of drug-likeness (QED) is 0.354. The minimum Gasteiger partial charge on any atom is -0.393 e. The molecule has 1 aliphatic rings. The number of rotatable bonds is 8. The molecular weight excluding hydrogens is 244 g/mol. The van der Waals surface area contributed by atoms with Crippen molar-refractivity contribution in [2.24, 2.45) is 11.8 Å². The molecule has 0 aromatic carbocycles. The van der Waals surface area contributed by atoms with Crippen molar-refractivity contribution in [1.29, 1.82) is 0 Å². The number of carbonyl (C=O) groups excluding carboxylic acids is 1. The van der Waals surface area contributed by atoms with E-state index in [1.165, 1.54) is 0 Å². The average molecular weight is 270 g/mol. The summed E-state index contributed by atoms with van der Waals surface area (Å²) in [4.78, 5) is 10.6. The highest BCUT2D eigenvalue weighted by Gasteiger charge is 2.39. The first kappa shape index (κ1) is 16.3. The molecule has 1 saturated carbocycles. The Morgan fingerprint density at radius 2 is 2.00 bits per heavy atom. The summed E-state index contributed by atoms with van der Waals surface area (Å²) in [7, 11) is 0. The predicted octanol–water partition coefficient (Wildman–Crippen LogP) is 1.43. The zero-order valence-corrected chi connectivity index (χ0v) is 11.6. The first-order chi connectivity index (χ1) is 9.10. The highest BCUT2D eigenvalue weighted by Crippen LogP contribution is 2.35. The molecule has 1 aliphatic carbocycles. The molecule has 4 heteroatoms. The Morgan fingerprint density at radius 1 is 1.26 bits per heavy atom. The maximum atomic E-state index is 10.6. The van der Waals surface area contributed by atoms with E-state index in [1.54, 1.807) is 12.2 Å². The summed E-state index contributed by atoms with van der Waals surface area (Å²) >= 11 is 0. The topological polar surface area (TPSA) is 77.8 Å². The van der Waals surface area contributed by atoms with E-state index in [0.29, 0.717) is 12.8 Å². The number of hydrogen-bond acceptors (Lipinski definition) is 4. The Balaban J connectivity index is 2.50. The Kier molecular flexibility index (Phi) is 7.28. The lowest BCUT2D eigenvalue weighted by molar-refractivity contribution is -0.109. The molecule has 0 spiro atoms. The van der Waals surface area contributed by atoms with Crippen LogP contribution in [-0.2, 0) is 4.79 Å².